The van der Waals surface area contributed by atoms with Gasteiger partial charge in [-0.05, 0) is 32.9 Å². The Kier molecular flexibility index (Phi) is 21.8. The summed E-state index contributed by atoms with van der Waals surface area (Å²) in [4.78, 5) is 23.2. The maximum atomic E-state index is 13.5. The molecule has 2 aliphatic rings. The minimum absolute atomic E-state index is 0. The van der Waals surface area contributed by atoms with Crippen LogP contribution >= 0.6 is 0 Å². The first kappa shape index (κ1) is 49.3. The fourth-order valence-corrected chi connectivity index (χ4v) is 5.49. The molecule has 0 aliphatic carbocycles. The van der Waals surface area contributed by atoms with Crippen LogP contribution in [0, 0.1) is 26.7 Å². The molecule has 1 amide bonds. The van der Waals surface area contributed by atoms with Gasteiger partial charge in [-0.25, -0.2) is 9.78 Å². The van der Waals surface area contributed by atoms with Crippen molar-refractivity contribution < 1.29 is 70.7 Å². The minimum Gasteiger partial charge on any atom is -0.475 e. The van der Waals surface area contributed by atoms with Gasteiger partial charge in [0.15, 0.2) is 5.69 Å². The number of aliphatic hydroxyl groups excluding tert-OH is 2. The summed E-state index contributed by atoms with van der Waals surface area (Å²) >= 11 is 0. The van der Waals surface area contributed by atoms with Crippen LogP contribution in [0.15, 0.2) is 36.4 Å². The Hall–Kier alpha value is -2.88. The van der Waals surface area contributed by atoms with Gasteiger partial charge in [0, 0.05) is 37.9 Å². The largest absolute Gasteiger partial charge is 1.00 e. The molecule has 18 heteroatoms. The molecule has 2 saturated heterocycles. The van der Waals surface area contributed by atoms with E-state index in [1.54, 1.807) is 25.7 Å². The summed E-state index contributed by atoms with van der Waals surface area (Å²) in [5.74, 6) is -0.149. The molecule has 2 aromatic rings. The molecular formula is C38H58F3LiN6O8-2. The third-order valence-corrected chi connectivity index (χ3v) is 8.51. The van der Waals surface area contributed by atoms with Crippen molar-refractivity contribution in [2.45, 2.75) is 69.7 Å². The van der Waals surface area contributed by atoms with Crippen LogP contribution in [0.25, 0.3) is 0 Å². The molecule has 0 unspecified atom stereocenters. The molecule has 4 atom stereocenters. The van der Waals surface area contributed by atoms with Crippen LogP contribution < -0.4 is 39.1 Å². The Morgan fingerprint density at radius 2 is 1.61 bits per heavy atom. The van der Waals surface area contributed by atoms with Gasteiger partial charge < -0.3 is 75.1 Å². The molecule has 0 spiro atoms. The number of hydrogen-bond donors (Lipinski definition) is 4. The number of alkyl carbamates (subject to hydrolysis) is 1. The van der Waals surface area contributed by atoms with Crippen LogP contribution in [0.1, 0.15) is 39.3 Å². The van der Waals surface area contributed by atoms with Crippen molar-refractivity contribution in [2.24, 2.45) is 5.92 Å². The molecule has 14 nitrogen and oxygen atoms in total. The number of ether oxygens (including phenoxy) is 5. The SMILES string of the molecule is [CH2-]C1CCN(c2ccccc2)CC1.[CH2-]CN(C[CH2-])C[C@H]1OC[C@H](Nc2nc(OCCOCCOCCNC(=O)OC(C)(C)C)cc(C(F)(F)F)n2)[C@@H](O)[C@H]1O.[Li+]. The van der Waals surface area contributed by atoms with Crippen molar-refractivity contribution in [2.75, 3.05) is 89.1 Å². The van der Waals surface area contributed by atoms with E-state index in [0.717, 1.165) is 13.1 Å². The average Bonchev–Trinajstić information content (AvgIpc) is 3.14. The van der Waals surface area contributed by atoms with Gasteiger partial charge in [0.2, 0.25) is 11.8 Å². The maximum absolute atomic E-state index is 13.5. The van der Waals surface area contributed by atoms with Crippen LogP contribution in [0.3, 0.4) is 0 Å². The molecule has 1 aromatic carbocycles. The van der Waals surface area contributed by atoms with Crippen molar-refractivity contribution in [1.82, 2.24) is 20.2 Å². The second-order valence-electron chi connectivity index (χ2n) is 14.1. The Labute approximate surface area is 341 Å². The van der Waals surface area contributed by atoms with Gasteiger partial charge in [0.1, 0.15) is 24.4 Å². The molecule has 0 bridgehead atoms. The van der Waals surface area contributed by atoms with Crippen molar-refractivity contribution in [3.05, 3.63) is 62.9 Å². The molecule has 0 radical (unpaired) electrons. The number of aliphatic hydroxyl groups is 2. The molecule has 1 aromatic heterocycles. The number of carbonyl (C=O) groups excluding carboxylic acids is 1. The molecule has 312 valence electrons. The van der Waals surface area contributed by atoms with Gasteiger partial charge in [0.25, 0.3) is 0 Å². The molecule has 4 rings (SSSR count). The number of hydrogen-bond acceptors (Lipinski definition) is 13. The van der Waals surface area contributed by atoms with E-state index in [-0.39, 0.29) is 77.5 Å². The molecule has 56 heavy (non-hydrogen) atoms. The number of nitrogens with zero attached hydrogens (tertiary/aromatic N) is 4. The van der Waals surface area contributed by atoms with Crippen molar-refractivity contribution in [3.8, 4) is 5.88 Å². The second kappa shape index (κ2) is 24.8. The Morgan fingerprint density at radius 3 is 2.21 bits per heavy atom. The molecule has 0 saturated carbocycles. The number of halogens is 3. The van der Waals surface area contributed by atoms with Gasteiger partial charge in [-0.3, -0.25) is 0 Å². The number of para-hydroxylation sites is 1. The summed E-state index contributed by atoms with van der Waals surface area (Å²) in [5, 5.41) is 26.2. The fraction of sp³-hybridized carbons (Fsp3) is 0.632. The number of piperidine rings is 1. The summed E-state index contributed by atoms with van der Waals surface area (Å²) in [6.45, 7) is 21.0. The number of alkyl halides is 3. The summed E-state index contributed by atoms with van der Waals surface area (Å²) < 4.78 is 67.1. The van der Waals surface area contributed by atoms with E-state index in [0.29, 0.717) is 25.1 Å². The van der Waals surface area contributed by atoms with Crippen molar-refractivity contribution >= 4 is 17.7 Å². The van der Waals surface area contributed by atoms with Crippen LogP contribution in [-0.2, 0) is 25.1 Å². The van der Waals surface area contributed by atoms with Crippen LogP contribution in [0.5, 0.6) is 5.88 Å². The predicted molar refractivity (Wildman–Crippen MR) is 201 cm³/mol. The third kappa shape index (κ3) is 18.1. The predicted octanol–water partition coefficient (Wildman–Crippen LogP) is 1.04. The third-order valence-electron chi connectivity index (χ3n) is 8.51. The molecular weight excluding hydrogens is 732 g/mol. The number of carbonyl (C=O) groups is 1. The van der Waals surface area contributed by atoms with E-state index >= 15 is 0 Å². The van der Waals surface area contributed by atoms with Crippen molar-refractivity contribution in [3.63, 3.8) is 0 Å². The van der Waals surface area contributed by atoms with E-state index in [4.69, 9.17) is 23.7 Å². The van der Waals surface area contributed by atoms with E-state index in [1.807, 2.05) is 0 Å². The molecule has 3 heterocycles. The van der Waals surface area contributed by atoms with Gasteiger partial charge >= 0.3 is 31.1 Å². The monoisotopic (exact) mass is 790 g/mol. The number of benzene rings is 1. The van der Waals surface area contributed by atoms with E-state index in [1.165, 1.54) is 18.5 Å². The topological polar surface area (TPSA) is 160 Å². The Bertz CT molecular complexity index is 1390. The first-order valence-electron chi connectivity index (χ1n) is 18.5. The first-order chi connectivity index (χ1) is 26.1. The molecule has 2 aliphatic heterocycles. The first-order valence-corrected chi connectivity index (χ1v) is 18.5. The minimum atomic E-state index is -4.79. The zero-order chi connectivity index (χ0) is 40.4. The second-order valence-corrected chi connectivity index (χ2v) is 14.1. The normalized spacial score (nSPS) is 20.4. The Balaban J connectivity index is 0.000000645. The number of rotatable bonds is 17. The Morgan fingerprint density at radius 1 is 0.982 bits per heavy atom. The summed E-state index contributed by atoms with van der Waals surface area (Å²) in [6.07, 6.45) is -6.30. The molecule has 2 fully saturated rings. The average molecular weight is 791 g/mol. The zero-order valence-electron chi connectivity index (χ0n) is 33.1. The van der Waals surface area contributed by atoms with Gasteiger partial charge in [-0.2, -0.15) is 24.1 Å². The fourth-order valence-electron chi connectivity index (χ4n) is 5.49. The van der Waals surface area contributed by atoms with Crippen LogP contribution in [-0.4, -0.2) is 140 Å². The van der Waals surface area contributed by atoms with E-state index < -0.39 is 53.9 Å². The number of nitrogens with one attached hydrogen (secondary N) is 2. The van der Waals surface area contributed by atoms with Crippen LogP contribution in [0.4, 0.5) is 29.6 Å². The standard InChI is InChI=1S/C26H42F3N5O8.C12H16N.Li/c1-6-34(7-2)15-18-22(36)21(35)17(16-41-18)31-23-32-19(26(27,28)29)14-20(33-23)40-13-12-39-11-10-38-9-8-30-24(37)42-25(3,4)5;1-11-7-9-13(10-8-11)12-5-3-2-4-6-12;/h14,17-18,21-22,35-36H,1-2,6-13,15-16H2,3-5H3,(H,30,37)(H,31,32,33);2-6,11H,1,7-10H2;/q-2;-1;+1/t17-,18+,21+,22-;;/m0../s1. The number of aromatic nitrogens is 2. The zero-order valence-corrected chi connectivity index (χ0v) is 33.1. The van der Waals surface area contributed by atoms with Crippen LogP contribution in [0.2, 0.25) is 0 Å². The maximum Gasteiger partial charge on any atom is 1.00 e. The summed E-state index contributed by atoms with van der Waals surface area (Å²) in [7, 11) is 0. The van der Waals surface area contributed by atoms with Gasteiger partial charge in [-0.15, -0.1) is 13.1 Å². The van der Waals surface area contributed by atoms with Gasteiger partial charge in [-0.1, -0.05) is 31.0 Å². The van der Waals surface area contributed by atoms with E-state index in [9.17, 15) is 28.2 Å². The summed E-state index contributed by atoms with van der Waals surface area (Å²) in [6, 6.07) is 10.3. The quantitative estimate of drug-likeness (QED) is 0.103. The van der Waals surface area contributed by atoms with E-state index in [2.05, 4.69) is 76.6 Å². The number of anilines is 2. The molecule has 4 N–H and O–H groups in total. The smallest absolute Gasteiger partial charge is 0.475 e. The van der Waals surface area contributed by atoms with Crippen molar-refractivity contribution in [1.29, 1.82) is 0 Å². The summed E-state index contributed by atoms with van der Waals surface area (Å²) in [5.41, 5.74) is -0.494. The number of amides is 1. The van der Waals surface area contributed by atoms with Gasteiger partial charge in [0.05, 0.1) is 45.2 Å².